The van der Waals surface area contributed by atoms with Gasteiger partial charge in [0.1, 0.15) is 11.4 Å². The van der Waals surface area contributed by atoms with E-state index in [0.717, 1.165) is 32.1 Å². The van der Waals surface area contributed by atoms with Crippen molar-refractivity contribution < 1.29 is 14.3 Å². The fourth-order valence-electron chi connectivity index (χ4n) is 3.14. The number of carbonyl (C=O) groups excluding carboxylic acids is 1. The van der Waals surface area contributed by atoms with Gasteiger partial charge in [-0.05, 0) is 43.9 Å². The molecule has 1 aromatic carbocycles. The number of benzene rings is 1. The summed E-state index contributed by atoms with van der Waals surface area (Å²) in [6.07, 6.45) is 4.87. The highest BCUT2D eigenvalue weighted by atomic mass is 19.1. The fraction of sp³-hybridized carbons (Fsp3) is 0.588. The first-order valence-electron chi connectivity index (χ1n) is 7.66. The summed E-state index contributed by atoms with van der Waals surface area (Å²) >= 11 is 0. The predicted molar refractivity (Wildman–Crippen MR) is 80.2 cm³/mol. The van der Waals surface area contributed by atoms with Crippen molar-refractivity contribution in [1.82, 2.24) is 5.32 Å². The van der Waals surface area contributed by atoms with E-state index >= 15 is 0 Å². The number of aliphatic hydroxyl groups is 1. The molecule has 1 saturated carbocycles. The second-order valence-corrected chi connectivity index (χ2v) is 6.30. The lowest BCUT2D eigenvalue weighted by Crippen LogP contribution is -2.45. The van der Waals surface area contributed by atoms with Gasteiger partial charge in [-0.3, -0.25) is 4.79 Å². The van der Waals surface area contributed by atoms with E-state index in [2.05, 4.69) is 5.32 Å². The molecule has 1 unspecified atom stereocenters. The van der Waals surface area contributed by atoms with Gasteiger partial charge in [-0.25, -0.2) is 4.39 Å². The topological polar surface area (TPSA) is 49.3 Å². The first kappa shape index (κ1) is 16.0. The third kappa shape index (κ3) is 3.43. The molecule has 0 aromatic heterocycles. The molecule has 1 aromatic rings. The number of nitrogens with one attached hydrogen (secondary N) is 1. The molecular weight excluding hydrogens is 269 g/mol. The van der Waals surface area contributed by atoms with E-state index in [1.807, 2.05) is 6.92 Å². The van der Waals surface area contributed by atoms with Crippen molar-refractivity contribution in [3.05, 3.63) is 35.6 Å². The monoisotopic (exact) mass is 293 g/mol. The van der Waals surface area contributed by atoms with Gasteiger partial charge < -0.3 is 10.4 Å². The van der Waals surface area contributed by atoms with Gasteiger partial charge in [0.15, 0.2) is 0 Å². The molecule has 1 aliphatic rings. The van der Waals surface area contributed by atoms with Crippen molar-refractivity contribution in [3.8, 4) is 0 Å². The average molecular weight is 293 g/mol. The average Bonchev–Trinajstić information content (AvgIpc) is 2.95. The van der Waals surface area contributed by atoms with Gasteiger partial charge in [-0.2, -0.15) is 0 Å². The van der Waals surface area contributed by atoms with Crippen LogP contribution in [0.4, 0.5) is 4.39 Å². The van der Waals surface area contributed by atoms with Gasteiger partial charge in [0.05, 0.1) is 6.54 Å². The van der Waals surface area contributed by atoms with Crippen molar-refractivity contribution in [1.29, 1.82) is 0 Å². The molecule has 0 heterocycles. The Hall–Kier alpha value is -1.42. The SMILES string of the molecule is CCC1(C(=O)NCC(C)(O)c2ccc(F)cc2)CCCC1. The smallest absolute Gasteiger partial charge is 0.226 e. The van der Waals surface area contributed by atoms with Crippen LogP contribution >= 0.6 is 0 Å². The number of amides is 1. The lowest BCUT2D eigenvalue weighted by Gasteiger charge is -2.30. The first-order valence-corrected chi connectivity index (χ1v) is 7.66. The van der Waals surface area contributed by atoms with Crippen LogP contribution in [-0.4, -0.2) is 17.6 Å². The maximum absolute atomic E-state index is 12.9. The summed E-state index contributed by atoms with van der Waals surface area (Å²) < 4.78 is 12.9. The first-order chi connectivity index (χ1) is 9.89. The van der Waals surface area contributed by atoms with Crippen LogP contribution in [-0.2, 0) is 10.4 Å². The van der Waals surface area contributed by atoms with Crippen LogP contribution in [0.2, 0.25) is 0 Å². The highest BCUT2D eigenvalue weighted by Crippen LogP contribution is 2.41. The predicted octanol–water partition coefficient (Wildman–Crippen LogP) is 3.12. The molecule has 1 amide bonds. The normalized spacial score (nSPS) is 20.0. The molecule has 0 aliphatic heterocycles. The van der Waals surface area contributed by atoms with Crippen LogP contribution in [0.25, 0.3) is 0 Å². The van der Waals surface area contributed by atoms with Crippen molar-refractivity contribution in [3.63, 3.8) is 0 Å². The summed E-state index contributed by atoms with van der Waals surface area (Å²) in [5.41, 5.74) is -0.864. The molecular formula is C17H24FNO2. The van der Waals surface area contributed by atoms with Crippen LogP contribution in [0.5, 0.6) is 0 Å². The minimum absolute atomic E-state index is 0.0323. The van der Waals surface area contributed by atoms with E-state index in [9.17, 15) is 14.3 Å². The second kappa shape index (κ2) is 6.14. The largest absolute Gasteiger partial charge is 0.384 e. The molecule has 1 atom stereocenters. The maximum atomic E-state index is 12.9. The van der Waals surface area contributed by atoms with Crippen molar-refractivity contribution >= 4 is 5.91 Å². The molecule has 0 saturated heterocycles. The summed E-state index contributed by atoms with van der Waals surface area (Å²) in [6.45, 7) is 3.82. The van der Waals surface area contributed by atoms with Gasteiger partial charge in [0, 0.05) is 5.41 Å². The minimum atomic E-state index is -1.20. The molecule has 3 nitrogen and oxygen atoms in total. The molecule has 2 N–H and O–H groups in total. The Morgan fingerprint density at radius 1 is 1.33 bits per heavy atom. The quantitative estimate of drug-likeness (QED) is 0.876. The van der Waals surface area contributed by atoms with Crippen LogP contribution in [0, 0.1) is 11.2 Å². The Morgan fingerprint density at radius 2 is 1.90 bits per heavy atom. The third-order valence-electron chi connectivity index (χ3n) is 4.78. The van der Waals surface area contributed by atoms with E-state index < -0.39 is 5.60 Å². The van der Waals surface area contributed by atoms with Crippen LogP contribution < -0.4 is 5.32 Å². The molecule has 21 heavy (non-hydrogen) atoms. The molecule has 116 valence electrons. The Labute approximate surface area is 125 Å². The molecule has 1 aliphatic carbocycles. The van der Waals surface area contributed by atoms with Gasteiger partial charge in [-0.15, -0.1) is 0 Å². The molecule has 1 fully saturated rings. The molecule has 0 spiro atoms. The third-order valence-corrected chi connectivity index (χ3v) is 4.78. The number of halogens is 1. The van der Waals surface area contributed by atoms with Crippen molar-refractivity contribution in [2.75, 3.05) is 6.54 Å². The van der Waals surface area contributed by atoms with E-state index in [0.29, 0.717) is 5.56 Å². The second-order valence-electron chi connectivity index (χ2n) is 6.30. The highest BCUT2D eigenvalue weighted by molar-refractivity contribution is 5.82. The summed E-state index contributed by atoms with van der Waals surface area (Å²) in [5.74, 6) is -0.306. The Balaban J connectivity index is 2.01. The van der Waals surface area contributed by atoms with E-state index in [1.165, 1.54) is 12.1 Å². The minimum Gasteiger partial charge on any atom is -0.384 e. The van der Waals surface area contributed by atoms with Gasteiger partial charge >= 0.3 is 0 Å². The van der Waals surface area contributed by atoms with E-state index in [4.69, 9.17) is 0 Å². The zero-order chi connectivity index (χ0) is 15.5. The molecule has 0 bridgehead atoms. The number of carbonyl (C=O) groups is 1. The van der Waals surface area contributed by atoms with Crippen LogP contribution in [0.15, 0.2) is 24.3 Å². The zero-order valence-electron chi connectivity index (χ0n) is 12.8. The van der Waals surface area contributed by atoms with Crippen LogP contribution in [0.3, 0.4) is 0 Å². The van der Waals surface area contributed by atoms with E-state index in [1.54, 1.807) is 19.1 Å². The standard InChI is InChI=1S/C17H24FNO2/c1-3-17(10-4-5-11-17)15(20)19-12-16(2,21)13-6-8-14(18)9-7-13/h6-9,21H,3-5,10-12H2,1-2H3,(H,19,20). The van der Waals surface area contributed by atoms with Gasteiger partial charge in [-0.1, -0.05) is 31.9 Å². The number of rotatable bonds is 5. The van der Waals surface area contributed by atoms with Crippen molar-refractivity contribution in [2.45, 2.75) is 51.6 Å². The number of hydrogen-bond acceptors (Lipinski definition) is 2. The van der Waals surface area contributed by atoms with Crippen molar-refractivity contribution in [2.24, 2.45) is 5.41 Å². The van der Waals surface area contributed by atoms with Crippen LogP contribution in [0.1, 0.15) is 51.5 Å². The number of hydrogen-bond donors (Lipinski definition) is 2. The Morgan fingerprint density at radius 3 is 2.43 bits per heavy atom. The maximum Gasteiger partial charge on any atom is 0.226 e. The fourth-order valence-corrected chi connectivity index (χ4v) is 3.14. The summed E-state index contributed by atoms with van der Waals surface area (Å²) in [4.78, 5) is 12.4. The zero-order valence-corrected chi connectivity index (χ0v) is 12.8. The molecule has 2 rings (SSSR count). The Kier molecular flexibility index (Phi) is 4.67. The molecule has 4 heteroatoms. The highest BCUT2D eigenvalue weighted by Gasteiger charge is 2.39. The van der Waals surface area contributed by atoms with E-state index in [-0.39, 0.29) is 23.7 Å². The Bertz CT molecular complexity index is 490. The van der Waals surface area contributed by atoms with Gasteiger partial charge in [0.25, 0.3) is 0 Å². The summed E-state index contributed by atoms with van der Waals surface area (Å²) in [7, 11) is 0. The summed E-state index contributed by atoms with van der Waals surface area (Å²) in [5, 5.41) is 13.4. The summed E-state index contributed by atoms with van der Waals surface area (Å²) in [6, 6.07) is 5.73. The molecule has 0 radical (unpaired) electrons. The lowest BCUT2D eigenvalue weighted by atomic mass is 9.82. The van der Waals surface area contributed by atoms with Gasteiger partial charge in [0.2, 0.25) is 5.91 Å². The lowest BCUT2D eigenvalue weighted by molar-refractivity contribution is -0.132.